The molecule has 0 radical (unpaired) electrons. The summed E-state index contributed by atoms with van der Waals surface area (Å²) < 4.78 is 46.9. The molecule has 0 saturated carbocycles. The van der Waals surface area contributed by atoms with Gasteiger partial charge in [0.25, 0.3) is 0 Å². The van der Waals surface area contributed by atoms with E-state index in [2.05, 4.69) is 10.6 Å². The summed E-state index contributed by atoms with van der Waals surface area (Å²) in [6.45, 7) is 9.27. The molecule has 3 rings (SSSR count). The number of alkyl halides is 3. The van der Waals surface area contributed by atoms with Gasteiger partial charge in [0.2, 0.25) is 0 Å². The number of esters is 1. The van der Waals surface area contributed by atoms with Gasteiger partial charge < -0.3 is 20.3 Å². The average Bonchev–Trinajstić information content (AvgIpc) is 2.83. The van der Waals surface area contributed by atoms with Crippen LogP contribution in [0.15, 0.2) is 35.5 Å². The van der Waals surface area contributed by atoms with E-state index >= 15 is 0 Å². The first-order valence-electron chi connectivity index (χ1n) is 12.4. The van der Waals surface area contributed by atoms with E-state index < -0.39 is 29.8 Å². The van der Waals surface area contributed by atoms with Gasteiger partial charge in [0.1, 0.15) is 0 Å². The molecule has 1 aromatic carbocycles. The molecule has 37 heavy (non-hydrogen) atoms. The molecular formula is C25H34F3N5O4. The number of halogens is 3. The van der Waals surface area contributed by atoms with Crippen LogP contribution in [-0.4, -0.2) is 84.6 Å². The van der Waals surface area contributed by atoms with Gasteiger partial charge in [-0.05, 0) is 39.3 Å². The summed E-state index contributed by atoms with van der Waals surface area (Å²) in [7, 11) is 0. The number of rotatable bonds is 7. The number of nitrogens with one attached hydrogen (secondary N) is 2. The smallest absolute Gasteiger partial charge is 0.416 e. The second-order valence-corrected chi connectivity index (χ2v) is 8.91. The number of nitrogens with zero attached hydrogens (tertiary/aromatic N) is 3. The third kappa shape index (κ3) is 6.17. The number of ether oxygens (including phenoxy) is 1. The Bertz CT molecular complexity index is 1050. The quantitative estimate of drug-likeness (QED) is 0.533. The van der Waals surface area contributed by atoms with Crippen LogP contribution in [0.5, 0.6) is 0 Å². The molecular weight excluding hydrogens is 491 g/mol. The molecule has 0 bridgehead atoms. The third-order valence-corrected chi connectivity index (χ3v) is 6.50. The lowest BCUT2D eigenvalue weighted by molar-refractivity contribution is -0.141. The number of carbonyl (C=O) groups is 3. The third-order valence-electron chi connectivity index (χ3n) is 6.50. The van der Waals surface area contributed by atoms with Crippen molar-refractivity contribution in [2.45, 2.75) is 46.0 Å². The molecule has 2 N–H and O–H groups in total. The molecule has 1 fully saturated rings. The van der Waals surface area contributed by atoms with E-state index in [9.17, 15) is 27.6 Å². The molecule has 9 nitrogen and oxygen atoms in total. The van der Waals surface area contributed by atoms with Gasteiger partial charge in [-0.1, -0.05) is 18.2 Å². The van der Waals surface area contributed by atoms with Crippen molar-refractivity contribution < 1.29 is 32.3 Å². The molecule has 12 heteroatoms. The molecule has 1 aromatic rings. The predicted octanol–water partition coefficient (Wildman–Crippen LogP) is 3.34. The molecule has 0 aromatic heterocycles. The summed E-state index contributed by atoms with van der Waals surface area (Å²) in [5.74, 6) is -0.785. The molecule has 2 heterocycles. The normalized spacial score (nSPS) is 21.1. The average molecular weight is 526 g/mol. The minimum Gasteiger partial charge on any atom is -0.463 e. The molecule has 2 aliphatic heterocycles. The Morgan fingerprint density at radius 1 is 1.16 bits per heavy atom. The highest BCUT2D eigenvalue weighted by Crippen LogP contribution is 2.39. The lowest BCUT2D eigenvalue weighted by atomic mass is 9.90. The fourth-order valence-corrected chi connectivity index (χ4v) is 4.84. The second-order valence-electron chi connectivity index (χ2n) is 8.91. The minimum atomic E-state index is -4.69. The first kappa shape index (κ1) is 28.3. The largest absolute Gasteiger partial charge is 0.463 e. The first-order valence-corrected chi connectivity index (χ1v) is 12.4. The molecule has 204 valence electrons. The van der Waals surface area contributed by atoms with Crippen molar-refractivity contribution in [2.24, 2.45) is 0 Å². The molecule has 1 saturated heterocycles. The summed E-state index contributed by atoms with van der Waals surface area (Å²) >= 11 is 0. The summed E-state index contributed by atoms with van der Waals surface area (Å²) in [5, 5.41) is 5.38. The van der Waals surface area contributed by atoms with Crippen LogP contribution in [0, 0.1) is 0 Å². The van der Waals surface area contributed by atoms with Gasteiger partial charge in [0, 0.05) is 51.0 Å². The van der Waals surface area contributed by atoms with E-state index in [1.807, 2.05) is 18.7 Å². The van der Waals surface area contributed by atoms with Crippen molar-refractivity contribution in [2.75, 3.05) is 45.9 Å². The van der Waals surface area contributed by atoms with Crippen LogP contribution in [-0.2, 0) is 15.7 Å². The van der Waals surface area contributed by atoms with Crippen molar-refractivity contribution in [3.63, 3.8) is 0 Å². The molecule has 0 aliphatic carbocycles. The molecule has 0 spiro atoms. The van der Waals surface area contributed by atoms with Crippen LogP contribution >= 0.6 is 0 Å². The lowest BCUT2D eigenvalue weighted by Gasteiger charge is -2.43. The number of piperazine rings is 1. The highest BCUT2D eigenvalue weighted by molar-refractivity contribution is 5.95. The van der Waals surface area contributed by atoms with Crippen molar-refractivity contribution in [3.8, 4) is 0 Å². The van der Waals surface area contributed by atoms with Gasteiger partial charge in [-0.2, -0.15) is 13.2 Å². The fraction of sp³-hybridized carbons (Fsp3) is 0.560. The Morgan fingerprint density at radius 2 is 1.86 bits per heavy atom. The summed E-state index contributed by atoms with van der Waals surface area (Å²) in [6.07, 6.45) is -4.69. The first-order chi connectivity index (χ1) is 17.5. The summed E-state index contributed by atoms with van der Waals surface area (Å²) in [6, 6.07) is 2.64. The van der Waals surface area contributed by atoms with Crippen molar-refractivity contribution in [1.82, 2.24) is 25.3 Å². The zero-order chi connectivity index (χ0) is 27.3. The number of carbonyl (C=O) groups excluding carboxylic acids is 3. The Hall–Kier alpha value is -3.28. The fourth-order valence-electron chi connectivity index (χ4n) is 4.84. The maximum absolute atomic E-state index is 13.9. The SMILES string of the molecule is CCNC(=O)N1CCN(CC2=C(C(=O)OCC)[C@H](c3ccccc3C(F)(F)F)NC(=O)N2CC)C[C@@H]1C. The lowest BCUT2D eigenvalue weighted by Crippen LogP contribution is -2.58. The zero-order valence-electron chi connectivity index (χ0n) is 21.5. The van der Waals surface area contributed by atoms with Crippen LogP contribution in [0.4, 0.5) is 22.8 Å². The highest BCUT2D eigenvalue weighted by Gasteiger charge is 2.43. The molecule has 0 unspecified atom stereocenters. The predicted molar refractivity (Wildman–Crippen MR) is 130 cm³/mol. The monoisotopic (exact) mass is 525 g/mol. The van der Waals surface area contributed by atoms with Crippen LogP contribution in [0.25, 0.3) is 0 Å². The number of hydrogen-bond donors (Lipinski definition) is 2. The van der Waals surface area contributed by atoms with Crippen molar-refractivity contribution in [1.29, 1.82) is 0 Å². The van der Waals surface area contributed by atoms with Crippen LogP contribution < -0.4 is 10.6 Å². The van der Waals surface area contributed by atoms with E-state index in [1.165, 1.54) is 23.1 Å². The van der Waals surface area contributed by atoms with Crippen LogP contribution in [0.2, 0.25) is 0 Å². The highest BCUT2D eigenvalue weighted by atomic mass is 19.4. The topological polar surface area (TPSA) is 94.2 Å². The van der Waals surface area contributed by atoms with Crippen molar-refractivity contribution >= 4 is 18.0 Å². The number of urea groups is 2. The van der Waals surface area contributed by atoms with E-state index in [4.69, 9.17) is 4.74 Å². The van der Waals surface area contributed by atoms with E-state index in [-0.39, 0.29) is 42.9 Å². The zero-order valence-corrected chi connectivity index (χ0v) is 21.5. The molecule has 4 amide bonds. The van der Waals surface area contributed by atoms with Crippen LogP contribution in [0.3, 0.4) is 0 Å². The Kier molecular flexibility index (Phi) is 9.06. The Morgan fingerprint density at radius 3 is 2.46 bits per heavy atom. The summed E-state index contributed by atoms with van der Waals surface area (Å²) in [4.78, 5) is 43.7. The van der Waals surface area contributed by atoms with E-state index in [0.717, 1.165) is 6.07 Å². The maximum Gasteiger partial charge on any atom is 0.416 e. The van der Waals surface area contributed by atoms with Gasteiger partial charge >= 0.3 is 24.2 Å². The van der Waals surface area contributed by atoms with Crippen molar-refractivity contribution in [3.05, 3.63) is 46.7 Å². The molecule has 2 aliphatic rings. The van der Waals surface area contributed by atoms with Crippen LogP contribution in [0.1, 0.15) is 44.9 Å². The van der Waals surface area contributed by atoms with Gasteiger partial charge in [0.05, 0.1) is 23.8 Å². The number of likely N-dealkylation sites (N-methyl/N-ethyl adjacent to an activating group) is 1. The number of benzene rings is 1. The molecule has 2 atom stereocenters. The maximum atomic E-state index is 13.9. The standard InChI is InChI=1S/C25H34F3N5O4/c1-5-29-23(35)33-13-12-31(14-16(33)4)15-19-20(22(34)37-7-3)21(30-24(36)32(19)6-2)17-10-8-9-11-18(17)25(26,27)28/h8-11,16,21H,5-7,12-15H2,1-4H3,(H,29,35)(H,30,36)/t16-,21-/m0/s1. The number of hydrogen-bond acceptors (Lipinski definition) is 5. The minimum absolute atomic E-state index is 0.0194. The van der Waals surface area contributed by atoms with Gasteiger partial charge in [-0.25, -0.2) is 14.4 Å². The second kappa shape index (κ2) is 11.8. The Balaban J connectivity index is 2.05. The van der Waals surface area contributed by atoms with E-state index in [0.29, 0.717) is 31.9 Å². The Labute approximate surface area is 214 Å². The van der Waals surface area contributed by atoms with Gasteiger partial charge in [0.15, 0.2) is 0 Å². The van der Waals surface area contributed by atoms with E-state index in [1.54, 1.807) is 18.7 Å². The van der Waals surface area contributed by atoms with Gasteiger partial charge in [-0.3, -0.25) is 9.80 Å². The summed E-state index contributed by atoms with van der Waals surface area (Å²) in [5.41, 5.74) is -0.895. The number of amides is 4. The van der Waals surface area contributed by atoms with Gasteiger partial charge in [-0.15, -0.1) is 0 Å².